The number of anilines is 2. The lowest BCUT2D eigenvalue weighted by atomic mass is 10.1. The van der Waals surface area contributed by atoms with Gasteiger partial charge in [0.2, 0.25) is 5.95 Å². The maximum absolute atomic E-state index is 13.2. The van der Waals surface area contributed by atoms with Gasteiger partial charge >= 0.3 is 6.09 Å². The van der Waals surface area contributed by atoms with Crippen LogP contribution in [0.2, 0.25) is 0 Å². The summed E-state index contributed by atoms with van der Waals surface area (Å²) in [4.78, 5) is 26.1. The van der Waals surface area contributed by atoms with E-state index in [1.165, 1.54) is 0 Å². The van der Waals surface area contributed by atoms with Gasteiger partial charge in [0.15, 0.2) is 9.84 Å². The van der Waals surface area contributed by atoms with Gasteiger partial charge in [0.1, 0.15) is 5.60 Å². The molecule has 0 bridgehead atoms. The van der Waals surface area contributed by atoms with Crippen molar-refractivity contribution in [3.63, 3.8) is 0 Å². The summed E-state index contributed by atoms with van der Waals surface area (Å²) in [5.41, 5.74) is 3.14. The lowest BCUT2D eigenvalue weighted by Gasteiger charge is -2.33. The summed E-state index contributed by atoms with van der Waals surface area (Å²) in [5.74, 6) is 0.412. The van der Waals surface area contributed by atoms with Crippen molar-refractivity contribution < 1.29 is 17.9 Å². The Kier molecular flexibility index (Phi) is 7.62. The summed E-state index contributed by atoms with van der Waals surface area (Å²) < 4.78 is 31.9. The monoisotopic (exact) mass is 559 g/mol. The Morgan fingerprint density at radius 3 is 2.40 bits per heavy atom. The summed E-state index contributed by atoms with van der Waals surface area (Å²) in [5, 5.41) is 3.72. The molecule has 208 valence electrons. The van der Waals surface area contributed by atoms with Crippen LogP contribution in [-0.2, 0) is 14.6 Å². The van der Waals surface area contributed by atoms with Gasteiger partial charge in [0.25, 0.3) is 0 Å². The van der Waals surface area contributed by atoms with Crippen molar-refractivity contribution in [1.29, 1.82) is 0 Å². The van der Waals surface area contributed by atoms with Gasteiger partial charge in [-0.15, -0.1) is 0 Å². The number of H-pyrrole nitrogens is 1. The number of carbonyl (C=O) groups is 1. The number of benzene rings is 2. The first-order chi connectivity index (χ1) is 19.1. The minimum Gasteiger partial charge on any atom is -0.444 e. The summed E-state index contributed by atoms with van der Waals surface area (Å²) in [6, 6.07) is 14.7. The molecule has 0 saturated carbocycles. The van der Waals surface area contributed by atoms with Crippen LogP contribution in [0.15, 0.2) is 72.0 Å². The second kappa shape index (κ2) is 11.1. The third kappa shape index (κ3) is 6.34. The number of ether oxygens (including phenoxy) is 1. The van der Waals surface area contributed by atoms with Gasteiger partial charge in [-0.1, -0.05) is 24.3 Å². The minimum absolute atomic E-state index is 0.257. The predicted octanol–water partition coefficient (Wildman–Crippen LogP) is 6.05. The van der Waals surface area contributed by atoms with Gasteiger partial charge in [-0.2, -0.15) is 0 Å². The van der Waals surface area contributed by atoms with Crippen LogP contribution in [0.1, 0.15) is 44.7 Å². The molecular formula is C30H33N5O4S. The first kappa shape index (κ1) is 27.4. The number of sulfone groups is 1. The van der Waals surface area contributed by atoms with Crippen molar-refractivity contribution in [2.24, 2.45) is 0 Å². The standard InChI is InChI=1S/C30H33N5O4S/c1-30(2,3)39-29(36)35-17-14-25(15-18-35)40(37,38)24-11-9-23(10-12-24)34-28-32-19-21(20-33-28)7-8-22-5-4-6-27-26(22)13-16-31-27/h4-13,16,19-20,25,31H,14-15,17-18H2,1-3H3,(H,32,33,34). The largest absolute Gasteiger partial charge is 0.444 e. The van der Waals surface area contributed by atoms with Crippen molar-refractivity contribution in [3.05, 3.63) is 78.2 Å². The number of aromatic nitrogens is 3. The molecule has 2 aromatic carbocycles. The average molecular weight is 560 g/mol. The van der Waals surface area contributed by atoms with Crippen LogP contribution in [0.25, 0.3) is 23.1 Å². The quantitative estimate of drug-likeness (QED) is 0.295. The van der Waals surface area contributed by atoms with Crippen LogP contribution in [0.4, 0.5) is 16.4 Å². The fourth-order valence-corrected chi connectivity index (χ4v) is 6.39. The van der Waals surface area contributed by atoms with Crippen LogP contribution in [0.5, 0.6) is 0 Å². The lowest BCUT2D eigenvalue weighted by molar-refractivity contribution is 0.0217. The van der Waals surface area contributed by atoms with Crippen LogP contribution in [0, 0.1) is 0 Å². The summed E-state index contributed by atoms with van der Waals surface area (Å²) in [7, 11) is -3.53. The van der Waals surface area contributed by atoms with Gasteiger partial charge in [0.05, 0.1) is 10.1 Å². The van der Waals surface area contributed by atoms with Gasteiger partial charge in [-0.25, -0.2) is 23.2 Å². The highest BCUT2D eigenvalue weighted by atomic mass is 32.2. The van der Waals surface area contributed by atoms with E-state index in [0.717, 1.165) is 22.0 Å². The maximum atomic E-state index is 13.2. The zero-order chi connectivity index (χ0) is 28.3. The molecule has 2 N–H and O–H groups in total. The SMILES string of the molecule is CC(C)(C)OC(=O)N1CCC(S(=O)(=O)c2ccc(Nc3ncc(C=Cc4cccc5[nH]ccc45)cn3)cc2)CC1. The Hall–Kier alpha value is -4.18. The Bertz CT molecular complexity index is 1610. The second-order valence-electron chi connectivity index (χ2n) is 10.8. The molecule has 9 nitrogen and oxygen atoms in total. The molecule has 40 heavy (non-hydrogen) atoms. The molecule has 1 saturated heterocycles. The fraction of sp³-hybridized carbons (Fsp3) is 0.300. The summed E-state index contributed by atoms with van der Waals surface area (Å²) >= 11 is 0. The van der Waals surface area contributed by atoms with Crippen molar-refractivity contribution >= 4 is 50.6 Å². The first-order valence-corrected chi connectivity index (χ1v) is 14.8. The van der Waals surface area contributed by atoms with Gasteiger partial charge < -0.3 is 19.9 Å². The van der Waals surface area contributed by atoms with E-state index in [9.17, 15) is 13.2 Å². The number of carbonyl (C=O) groups excluding carboxylic acids is 1. The molecule has 1 fully saturated rings. The topological polar surface area (TPSA) is 117 Å². The van der Waals surface area contributed by atoms with E-state index in [1.807, 2.05) is 57.3 Å². The van der Waals surface area contributed by atoms with E-state index in [4.69, 9.17) is 4.74 Å². The van der Waals surface area contributed by atoms with Crippen molar-refractivity contribution in [2.45, 2.75) is 49.4 Å². The number of aromatic amines is 1. The normalized spacial score (nSPS) is 15.0. The first-order valence-electron chi connectivity index (χ1n) is 13.2. The Labute approximate surface area is 234 Å². The maximum Gasteiger partial charge on any atom is 0.410 e. The second-order valence-corrected chi connectivity index (χ2v) is 13.0. The van der Waals surface area contributed by atoms with E-state index in [1.54, 1.807) is 41.6 Å². The lowest BCUT2D eigenvalue weighted by Crippen LogP contribution is -2.44. The molecule has 1 aliphatic heterocycles. The highest BCUT2D eigenvalue weighted by Crippen LogP contribution is 2.27. The predicted molar refractivity (Wildman–Crippen MR) is 157 cm³/mol. The number of rotatable bonds is 6. The Morgan fingerprint density at radius 1 is 1.02 bits per heavy atom. The van der Waals surface area contributed by atoms with Crippen molar-refractivity contribution in [3.8, 4) is 0 Å². The van der Waals surface area contributed by atoms with Crippen LogP contribution >= 0.6 is 0 Å². The molecule has 0 spiro atoms. The molecule has 0 atom stereocenters. The Morgan fingerprint density at radius 2 is 1.73 bits per heavy atom. The van der Waals surface area contributed by atoms with E-state index in [2.05, 4.69) is 26.3 Å². The number of fused-ring (bicyclic) bond motifs is 1. The molecule has 10 heteroatoms. The summed E-state index contributed by atoms with van der Waals surface area (Å²) in [6.07, 6.45) is 9.71. The molecule has 5 rings (SSSR count). The van der Waals surface area contributed by atoms with Gasteiger partial charge in [0, 0.05) is 53.8 Å². The van der Waals surface area contributed by atoms with E-state index >= 15 is 0 Å². The zero-order valence-corrected chi connectivity index (χ0v) is 23.6. The number of nitrogens with one attached hydrogen (secondary N) is 2. The molecule has 1 aliphatic rings. The fourth-order valence-electron chi connectivity index (χ4n) is 4.65. The molecule has 0 aliphatic carbocycles. The number of nitrogens with zero attached hydrogens (tertiary/aromatic N) is 3. The van der Waals surface area contributed by atoms with Gasteiger partial charge in [-0.3, -0.25) is 0 Å². The van der Waals surface area contributed by atoms with Crippen LogP contribution < -0.4 is 5.32 Å². The van der Waals surface area contributed by atoms with E-state index < -0.39 is 26.8 Å². The Balaban J connectivity index is 1.18. The zero-order valence-electron chi connectivity index (χ0n) is 22.8. The third-order valence-corrected chi connectivity index (χ3v) is 9.01. The number of hydrogen-bond acceptors (Lipinski definition) is 7. The number of piperidine rings is 1. The molecule has 3 heterocycles. The average Bonchev–Trinajstić information content (AvgIpc) is 3.42. The number of amides is 1. The third-order valence-electron chi connectivity index (χ3n) is 6.73. The number of likely N-dealkylation sites (tertiary alicyclic amines) is 1. The summed E-state index contributed by atoms with van der Waals surface area (Å²) in [6.45, 7) is 6.14. The molecule has 1 amide bonds. The number of hydrogen-bond donors (Lipinski definition) is 2. The molecule has 2 aromatic heterocycles. The van der Waals surface area contributed by atoms with Crippen LogP contribution in [0.3, 0.4) is 0 Å². The molecule has 0 radical (unpaired) electrons. The molecule has 4 aromatic rings. The van der Waals surface area contributed by atoms with E-state index in [-0.39, 0.29) is 4.90 Å². The van der Waals surface area contributed by atoms with Gasteiger partial charge in [-0.05, 0) is 75.6 Å². The minimum atomic E-state index is -3.53. The van der Waals surface area contributed by atoms with Crippen molar-refractivity contribution in [2.75, 3.05) is 18.4 Å². The molecular weight excluding hydrogens is 526 g/mol. The van der Waals surface area contributed by atoms with Crippen LogP contribution in [-0.4, -0.2) is 58.3 Å². The van der Waals surface area contributed by atoms with E-state index in [0.29, 0.717) is 37.6 Å². The molecule has 0 unspecified atom stereocenters. The highest BCUT2D eigenvalue weighted by molar-refractivity contribution is 7.92. The smallest absolute Gasteiger partial charge is 0.410 e. The van der Waals surface area contributed by atoms with Crippen molar-refractivity contribution in [1.82, 2.24) is 19.9 Å². The highest BCUT2D eigenvalue weighted by Gasteiger charge is 2.34.